The van der Waals surface area contributed by atoms with Crippen molar-refractivity contribution in [1.82, 2.24) is 10.6 Å². The van der Waals surface area contributed by atoms with Crippen molar-refractivity contribution in [3.8, 4) is 0 Å². The molecule has 0 saturated heterocycles. The van der Waals surface area contributed by atoms with Crippen LogP contribution in [0, 0.1) is 23.6 Å². The van der Waals surface area contributed by atoms with Gasteiger partial charge < -0.3 is 10.2 Å². The summed E-state index contributed by atoms with van der Waals surface area (Å²) in [6.45, 7) is 0.527. The fraction of sp³-hybridized carbons (Fsp3) is 0.619. The van der Waals surface area contributed by atoms with Gasteiger partial charge in [-0.25, -0.2) is 9.18 Å². The molecular formula is C21H29FN3O2+. The Morgan fingerprint density at radius 3 is 2.30 bits per heavy atom. The van der Waals surface area contributed by atoms with E-state index in [1.807, 2.05) is 7.05 Å². The van der Waals surface area contributed by atoms with Gasteiger partial charge in [0.1, 0.15) is 12.4 Å². The highest BCUT2D eigenvalue weighted by Gasteiger charge is 2.51. The van der Waals surface area contributed by atoms with E-state index in [1.165, 1.54) is 25.3 Å². The smallest absolute Gasteiger partial charge is 0.322 e. The summed E-state index contributed by atoms with van der Waals surface area (Å²) in [7, 11) is 1.82. The molecule has 4 fully saturated rings. The van der Waals surface area contributed by atoms with Crippen LogP contribution in [-0.2, 0) is 11.3 Å². The van der Waals surface area contributed by atoms with Gasteiger partial charge in [-0.2, -0.15) is 0 Å². The number of halogens is 1. The highest BCUT2D eigenvalue weighted by atomic mass is 19.1. The number of hydrogen-bond donors (Lipinski definition) is 3. The number of quaternary nitrogens is 1. The van der Waals surface area contributed by atoms with Crippen LogP contribution in [0.3, 0.4) is 0 Å². The number of carbonyl (C=O) groups is 2. The van der Waals surface area contributed by atoms with Gasteiger partial charge in [-0.3, -0.25) is 10.1 Å². The van der Waals surface area contributed by atoms with E-state index in [9.17, 15) is 14.0 Å². The predicted molar refractivity (Wildman–Crippen MR) is 99.4 cm³/mol. The van der Waals surface area contributed by atoms with Crippen LogP contribution in [0.4, 0.5) is 9.18 Å². The van der Waals surface area contributed by atoms with Crippen molar-refractivity contribution in [3.63, 3.8) is 0 Å². The minimum absolute atomic E-state index is 0.106. The number of carbonyl (C=O) groups excluding carboxylic acids is 2. The van der Waals surface area contributed by atoms with E-state index >= 15 is 0 Å². The zero-order valence-electron chi connectivity index (χ0n) is 15.9. The monoisotopic (exact) mass is 374 g/mol. The van der Waals surface area contributed by atoms with Crippen molar-refractivity contribution >= 4 is 11.9 Å². The van der Waals surface area contributed by atoms with Gasteiger partial charge in [0.25, 0.3) is 5.91 Å². The van der Waals surface area contributed by atoms with E-state index in [0.717, 1.165) is 41.9 Å². The molecule has 0 spiro atoms. The van der Waals surface area contributed by atoms with Gasteiger partial charge in [-0.05, 0) is 62.3 Å². The zero-order valence-corrected chi connectivity index (χ0v) is 15.9. The molecule has 3 amide bonds. The molecule has 1 unspecified atom stereocenters. The molecule has 0 aromatic heterocycles. The van der Waals surface area contributed by atoms with Gasteiger partial charge >= 0.3 is 6.03 Å². The second-order valence-electron chi connectivity index (χ2n) is 9.10. The normalized spacial score (nSPS) is 32.1. The molecule has 4 aliphatic carbocycles. The lowest BCUT2D eigenvalue weighted by atomic mass is 9.53. The van der Waals surface area contributed by atoms with Crippen molar-refractivity contribution in [1.29, 1.82) is 0 Å². The number of hydrogen-bond acceptors (Lipinski definition) is 2. The largest absolute Gasteiger partial charge is 0.332 e. The first-order chi connectivity index (χ1) is 12.9. The highest BCUT2D eigenvalue weighted by Crippen LogP contribution is 2.55. The molecule has 4 saturated carbocycles. The Hall–Kier alpha value is -1.95. The molecule has 1 atom stereocenters. The summed E-state index contributed by atoms with van der Waals surface area (Å²) in [5.74, 6) is 1.62. The molecule has 1 aromatic rings. The number of nitrogens with one attached hydrogen (secondary N) is 3. The van der Waals surface area contributed by atoms with Crippen LogP contribution >= 0.6 is 0 Å². The topological polar surface area (TPSA) is 62.6 Å². The average Bonchev–Trinajstić information content (AvgIpc) is 2.54. The number of likely N-dealkylation sites (N-methyl/N-ethyl adjacent to an activating group) is 1. The van der Waals surface area contributed by atoms with Gasteiger partial charge in [0.2, 0.25) is 0 Å². The number of rotatable bonds is 5. The van der Waals surface area contributed by atoms with Crippen LogP contribution in [0.25, 0.3) is 0 Å². The maximum absolute atomic E-state index is 13.7. The molecule has 6 heteroatoms. The third kappa shape index (κ3) is 4.15. The number of imide groups is 1. The van der Waals surface area contributed by atoms with Gasteiger partial charge in [0.15, 0.2) is 6.54 Å². The van der Waals surface area contributed by atoms with Crippen LogP contribution in [0.15, 0.2) is 24.3 Å². The summed E-state index contributed by atoms with van der Waals surface area (Å²) >= 11 is 0. The molecule has 5 rings (SSSR count). The van der Waals surface area contributed by atoms with Crippen LogP contribution in [-0.4, -0.2) is 31.1 Å². The summed E-state index contributed by atoms with van der Waals surface area (Å²) in [5.41, 5.74) is 0.464. The quantitative estimate of drug-likeness (QED) is 0.734. The molecule has 0 heterocycles. The summed E-state index contributed by atoms with van der Waals surface area (Å²) in [6, 6.07) is 6.19. The predicted octanol–water partition coefficient (Wildman–Crippen LogP) is 1.63. The Bertz CT molecular complexity index is 701. The molecule has 4 aliphatic rings. The zero-order chi connectivity index (χ0) is 19.0. The van der Waals surface area contributed by atoms with Crippen LogP contribution in [0.2, 0.25) is 0 Å². The Labute approximate surface area is 159 Å². The van der Waals surface area contributed by atoms with Crippen molar-refractivity contribution < 1.29 is 18.9 Å². The molecule has 4 bridgehead atoms. The number of benzene rings is 1. The minimum atomic E-state index is -0.374. The standard InChI is InChI=1S/C21H28FN3O2/c1-25(12-17-4-2-3-5-18(17)22)13-19(26)23-20(27)24-21-9-14-6-15(10-21)8-16(7-14)11-21/h2-5,14-16H,6-13H2,1H3,(H2,23,24,26,27)/p+1. The fourth-order valence-electron chi connectivity index (χ4n) is 6.01. The highest BCUT2D eigenvalue weighted by molar-refractivity contribution is 5.95. The van der Waals surface area contributed by atoms with Gasteiger partial charge in [-0.15, -0.1) is 0 Å². The van der Waals surface area contributed by atoms with Gasteiger partial charge in [0, 0.05) is 11.1 Å². The third-order valence-electron chi connectivity index (χ3n) is 6.58. The Balaban J connectivity index is 1.27. The third-order valence-corrected chi connectivity index (χ3v) is 6.58. The lowest BCUT2D eigenvalue weighted by Crippen LogP contribution is -3.09. The van der Waals surface area contributed by atoms with Crippen molar-refractivity contribution in [3.05, 3.63) is 35.6 Å². The summed E-state index contributed by atoms with van der Waals surface area (Å²) in [4.78, 5) is 25.5. The van der Waals surface area contributed by atoms with Gasteiger partial charge in [0.05, 0.1) is 7.05 Å². The number of amides is 3. The van der Waals surface area contributed by atoms with Gasteiger partial charge in [-0.1, -0.05) is 18.2 Å². The first-order valence-corrected chi connectivity index (χ1v) is 10.1. The Morgan fingerprint density at radius 2 is 1.70 bits per heavy atom. The maximum atomic E-state index is 13.7. The second kappa shape index (κ2) is 7.23. The van der Waals surface area contributed by atoms with Crippen LogP contribution < -0.4 is 15.5 Å². The Morgan fingerprint density at radius 1 is 1.11 bits per heavy atom. The molecule has 5 nitrogen and oxygen atoms in total. The van der Waals surface area contributed by atoms with Crippen molar-refractivity contribution in [2.24, 2.45) is 17.8 Å². The van der Waals surface area contributed by atoms with Crippen molar-refractivity contribution in [2.45, 2.75) is 50.6 Å². The van der Waals surface area contributed by atoms with E-state index in [0.29, 0.717) is 12.1 Å². The van der Waals surface area contributed by atoms with E-state index < -0.39 is 0 Å². The first-order valence-electron chi connectivity index (χ1n) is 10.1. The molecule has 0 radical (unpaired) electrons. The summed E-state index contributed by atoms with van der Waals surface area (Å²) < 4.78 is 13.7. The van der Waals surface area contributed by atoms with Crippen molar-refractivity contribution in [2.75, 3.05) is 13.6 Å². The molecule has 0 aliphatic heterocycles. The first kappa shape index (κ1) is 18.4. The van der Waals surface area contributed by atoms with Crippen LogP contribution in [0.1, 0.15) is 44.1 Å². The molecule has 27 heavy (non-hydrogen) atoms. The fourth-order valence-corrected chi connectivity index (χ4v) is 6.01. The number of urea groups is 1. The van der Waals surface area contributed by atoms with E-state index in [2.05, 4.69) is 10.6 Å². The maximum Gasteiger partial charge on any atom is 0.322 e. The molecule has 3 N–H and O–H groups in total. The summed E-state index contributed by atoms with van der Waals surface area (Å²) in [6.07, 6.45) is 7.10. The van der Waals surface area contributed by atoms with E-state index in [1.54, 1.807) is 18.2 Å². The average molecular weight is 374 g/mol. The minimum Gasteiger partial charge on any atom is -0.332 e. The summed E-state index contributed by atoms with van der Waals surface area (Å²) in [5, 5.41) is 5.63. The Kier molecular flexibility index (Phi) is 4.93. The second-order valence-corrected chi connectivity index (χ2v) is 9.10. The van der Waals surface area contributed by atoms with E-state index in [-0.39, 0.29) is 29.8 Å². The SMILES string of the molecule is C[NH+](CC(=O)NC(=O)NC12CC3CC(CC(C3)C1)C2)Cc1ccccc1F. The van der Waals surface area contributed by atoms with Crippen LogP contribution in [0.5, 0.6) is 0 Å². The lowest BCUT2D eigenvalue weighted by Gasteiger charge is -2.56. The molecule has 146 valence electrons. The lowest BCUT2D eigenvalue weighted by molar-refractivity contribution is -0.885. The molecule has 1 aromatic carbocycles. The van der Waals surface area contributed by atoms with E-state index in [4.69, 9.17) is 0 Å². The molecular weight excluding hydrogens is 345 g/mol.